The number of carbonyl (C=O) groups excluding carboxylic acids is 2. The summed E-state index contributed by atoms with van der Waals surface area (Å²) in [7, 11) is 0. The second kappa shape index (κ2) is 4.56. The quantitative estimate of drug-likeness (QED) is 0.670. The topological polar surface area (TPSA) is 37.4 Å². The van der Waals surface area contributed by atoms with Crippen molar-refractivity contribution in [2.45, 2.75) is 43.4 Å². The highest BCUT2D eigenvalue weighted by atomic mass is 32.2. The van der Waals surface area contributed by atoms with Crippen molar-refractivity contribution < 1.29 is 9.59 Å². The second-order valence-electron chi connectivity index (χ2n) is 4.32. The zero-order chi connectivity index (χ0) is 10.8. The van der Waals surface area contributed by atoms with E-state index in [9.17, 15) is 9.59 Å². The Morgan fingerprint density at radius 1 is 1.33 bits per heavy atom. The standard InChI is InChI=1S/C11H17NO2S/c1-15-10-4-2-3-9(10)12-6-5-8(13)7-11(12)14/h9-10H,2-7H2,1H3. The van der Waals surface area contributed by atoms with Gasteiger partial charge in [0.2, 0.25) is 5.91 Å². The van der Waals surface area contributed by atoms with Crippen molar-refractivity contribution in [2.24, 2.45) is 0 Å². The number of nitrogens with zero attached hydrogens (tertiary/aromatic N) is 1. The van der Waals surface area contributed by atoms with E-state index in [0.717, 1.165) is 6.42 Å². The molecule has 0 aromatic carbocycles. The van der Waals surface area contributed by atoms with Gasteiger partial charge in [0.1, 0.15) is 5.78 Å². The number of ketones is 1. The molecule has 0 N–H and O–H groups in total. The third-order valence-electron chi connectivity index (χ3n) is 3.42. The monoisotopic (exact) mass is 227 g/mol. The van der Waals surface area contributed by atoms with Crippen LogP contribution in [0.5, 0.6) is 0 Å². The fraction of sp³-hybridized carbons (Fsp3) is 0.818. The lowest BCUT2D eigenvalue weighted by Gasteiger charge is -2.34. The van der Waals surface area contributed by atoms with E-state index in [4.69, 9.17) is 0 Å². The average molecular weight is 227 g/mol. The van der Waals surface area contributed by atoms with Crippen LogP contribution in [0, 0.1) is 0 Å². The number of Topliss-reactive ketones (excluding diaryl/α,β-unsaturated/α-hetero) is 1. The first kappa shape index (κ1) is 11.0. The lowest BCUT2D eigenvalue weighted by Crippen LogP contribution is -2.47. The van der Waals surface area contributed by atoms with Crippen LogP contribution in [-0.4, -0.2) is 40.7 Å². The molecule has 1 aliphatic heterocycles. The van der Waals surface area contributed by atoms with Gasteiger partial charge in [-0.1, -0.05) is 6.42 Å². The van der Waals surface area contributed by atoms with Crippen molar-refractivity contribution >= 4 is 23.5 Å². The summed E-state index contributed by atoms with van der Waals surface area (Å²) in [6.07, 6.45) is 6.35. The van der Waals surface area contributed by atoms with Gasteiger partial charge >= 0.3 is 0 Å². The molecule has 1 heterocycles. The molecule has 1 amide bonds. The molecule has 4 heteroatoms. The minimum atomic E-state index is 0.0530. The highest BCUT2D eigenvalue weighted by Gasteiger charge is 2.36. The predicted octanol–water partition coefficient (Wildman–Crippen LogP) is 1.46. The van der Waals surface area contributed by atoms with E-state index in [2.05, 4.69) is 6.26 Å². The summed E-state index contributed by atoms with van der Waals surface area (Å²) >= 11 is 1.86. The van der Waals surface area contributed by atoms with Crippen LogP contribution in [0.1, 0.15) is 32.1 Å². The Morgan fingerprint density at radius 2 is 2.13 bits per heavy atom. The van der Waals surface area contributed by atoms with E-state index in [-0.39, 0.29) is 18.1 Å². The van der Waals surface area contributed by atoms with Gasteiger partial charge in [0.05, 0.1) is 6.42 Å². The number of hydrogen-bond acceptors (Lipinski definition) is 3. The van der Waals surface area contributed by atoms with Gasteiger partial charge in [-0.2, -0.15) is 11.8 Å². The maximum absolute atomic E-state index is 11.7. The van der Waals surface area contributed by atoms with E-state index < -0.39 is 0 Å². The molecular formula is C11H17NO2S. The summed E-state index contributed by atoms with van der Waals surface area (Å²) in [5.74, 6) is 0.159. The van der Waals surface area contributed by atoms with Gasteiger partial charge in [0.15, 0.2) is 0 Å². The van der Waals surface area contributed by atoms with E-state index >= 15 is 0 Å². The molecule has 3 nitrogen and oxygen atoms in total. The molecule has 0 aromatic rings. The molecule has 15 heavy (non-hydrogen) atoms. The Labute approximate surface area is 94.6 Å². The van der Waals surface area contributed by atoms with Gasteiger partial charge < -0.3 is 4.90 Å². The highest BCUT2D eigenvalue weighted by molar-refractivity contribution is 7.99. The maximum Gasteiger partial charge on any atom is 0.230 e. The zero-order valence-electron chi connectivity index (χ0n) is 9.07. The SMILES string of the molecule is CSC1CCCC1N1CCC(=O)CC1=O. The molecule has 0 bridgehead atoms. The van der Waals surface area contributed by atoms with Crippen molar-refractivity contribution in [3.05, 3.63) is 0 Å². The molecule has 1 aliphatic carbocycles. The second-order valence-corrected chi connectivity index (χ2v) is 5.40. The summed E-state index contributed by atoms with van der Waals surface area (Å²) in [5.41, 5.74) is 0. The molecule has 2 unspecified atom stereocenters. The summed E-state index contributed by atoms with van der Waals surface area (Å²) < 4.78 is 0. The van der Waals surface area contributed by atoms with Crippen LogP contribution >= 0.6 is 11.8 Å². The number of amides is 1. The molecule has 2 fully saturated rings. The van der Waals surface area contributed by atoms with Crippen LogP contribution in [-0.2, 0) is 9.59 Å². The molecule has 2 rings (SSSR count). The van der Waals surface area contributed by atoms with Crippen LogP contribution < -0.4 is 0 Å². The lowest BCUT2D eigenvalue weighted by atomic mass is 10.1. The first-order valence-corrected chi connectivity index (χ1v) is 6.85. The van der Waals surface area contributed by atoms with Crippen LogP contribution in [0.25, 0.3) is 0 Å². The molecule has 1 saturated heterocycles. The zero-order valence-corrected chi connectivity index (χ0v) is 9.89. The van der Waals surface area contributed by atoms with Gasteiger partial charge in [-0.25, -0.2) is 0 Å². The fourth-order valence-corrected chi connectivity index (χ4v) is 3.62. The van der Waals surface area contributed by atoms with Crippen molar-refractivity contribution in [1.82, 2.24) is 4.90 Å². The van der Waals surface area contributed by atoms with E-state index in [1.807, 2.05) is 16.7 Å². The van der Waals surface area contributed by atoms with Crippen LogP contribution in [0.15, 0.2) is 0 Å². The Balaban J connectivity index is 2.03. The van der Waals surface area contributed by atoms with Gasteiger partial charge in [-0.3, -0.25) is 9.59 Å². The van der Waals surface area contributed by atoms with Gasteiger partial charge in [-0.05, 0) is 19.1 Å². The minimum absolute atomic E-state index is 0.0530. The molecule has 0 radical (unpaired) electrons. The Kier molecular flexibility index (Phi) is 3.34. The highest BCUT2D eigenvalue weighted by Crippen LogP contribution is 2.33. The van der Waals surface area contributed by atoms with Crippen molar-refractivity contribution in [2.75, 3.05) is 12.8 Å². The van der Waals surface area contributed by atoms with Gasteiger partial charge in [0.25, 0.3) is 0 Å². The van der Waals surface area contributed by atoms with E-state index in [1.54, 1.807) is 0 Å². The van der Waals surface area contributed by atoms with Crippen molar-refractivity contribution in [1.29, 1.82) is 0 Å². The number of thioether (sulfide) groups is 1. The van der Waals surface area contributed by atoms with E-state index in [1.165, 1.54) is 12.8 Å². The summed E-state index contributed by atoms with van der Waals surface area (Å²) in [6.45, 7) is 0.652. The largest absolute Gasteiger partial charge is 0.338 e. The first-order valence-electron chi connectivity index (χ1n) is 5.56. The van der Waals surface area contributed by atoms with Gasteiger partial charge in [0, 0.05) is 24.3 Å². The molecule has 84 valence electrons. The van der Waals surface area contributed by atoms with Crippen LogP contribution in [0.3, 0.4) is 0 Å². The number of carbonyl (C=O) groups is 2. The third-order valence-corrected chi connectivity index (χ3v) is 4.58. The summed E-state index contributed by atoms with van der Waals surface area (Å²) in [4.78, 5) is 24.8. The van der Waals surface area contributed by atoms with E-state index in [0.29, 0.717) is 24.3 Å². The molecule has 0 aromatic heterocycles. The smallest absolute Gasteiger partial charge is 0.230 e. The first-order chi connectivity index (χ1) is 7.22. The molecule has 2 atom stereocenters. The molecule has 0 spiro atoms. The molecule has 2 aliphatic rings. The summed E-state index contributed by atoms with van der Waals surface area (Å²) in [6, 6.07) is 0.389. The lowest BCUT2D eigenvalue weighted by molar-refractivity contribution is -0.141. The summed E-state index contributed by atoms with van der Waals surface area (Å²) in [5, 5.41) is 0.585. The molecular weight excluding hydrogens is 210 g/mol. The van der Waals surface area contributed by atoms with Crippen LogP contribution in [0.4, 0.5) is 0 Å². The predicted molar refractivity (Wildman–Crippen MR) is 60.9 cm³/mol. The van der Waals surface area contributed by atoms with Gasteiger partial charge in [-0.15, -0.1) is 0 Å². The number of hydrogen-bond donors (Lipinski definition) is 0. The Morgan fingerprint density at radius 3 is 2.80 bits per heavy atom. The van der Waals surface area contributed by atoms with Crippen molar-refractivity contribution in [3.8, 4) is 0 Å². The Hall–Kier alpha value is -0.510. The normalized spacial score (nSPS) is 32.5. The molecule has 1 saturated carbocycles. The van der Waals surface area contributed by atoms with Crippen molar-refractivity contribution in [3.63, 3.8) is 0 Å². The van der Waals surface area contributed by atoms with Crippen LogP contribution in [0.2, 0.25) is 0 Å². The fourth-order valence-electron chi connectivity index (χ4n) is 2.62. The number of piperidine rings is 1. The maximum atomic E-state index is 11.7. The Bertz CT molecular complexity index is 280. The third kappa shape index (κ3) is 2.19. The number of likely N-dealkylation sites (tertiary alicyclic amines) is 1. The number of rotatable bonds is 2. The average Bonchev–Trinajstić information content (AvgIpc) is 2.65. The minimum Gasteiger partial charge on any atom is -0.338 e.